The van der Waals surface area contributed by atoms with Gasteiger partial charge in [-0.2, -0.15) is 4.98 Å². The normalized spacial score (nSPS) is 10.4. The van der Waals surface area contributed by atoms with Crippen LogP contribution in [0.2, 0.25) is 10.0 Å². The zero-order valence-corrected chi connectivity index (χ0v) is 10.2. The van der Waals surface area contributed by atoms with E-state index in [2.05, 4.69) is 4.98 Å². The van der Waals surface area contributed by atoms with Crippen LogP contribution in [0.5, 0.6) is 11.8 Å². The molecule has 0 aliphatic heterocycles. The van der Waals surface area contributed by atoms with E-state index in [0.717, 1.165) is 0 Å². The van der Waals surface area contributed by atoms with Gasteiger partial charge in [-0.1, -0.05) is 23.2 Å². The van der Waals surface area contributed by atoms with Crippen molar-refractivity contribution in [2.75, 3.05) is 0 Å². The molecule has 0 aliphatic carbocycles. The summed E-state index contributed by atoms with van der Waals surface area (Å²) in [6, 6.07) is 4.87. The predicted octanol–water partition coefficient (Wildman–Crippen LogP) is 4.51. The van der Waals surface area contributed by atoms with Crippen LogP contribution in [0.3, 0.4) is 0 Å². The Labute approximate surface area is 107 Å². The van der Waals surface area contributed by atoms with E-state index in [0.29, 0.717) is 21.5 Å². The van der Waals surface area contributed by atoms with Crippen LogP contribution in [-0.2, 0) is 5.88 Å². The largest absolute Gasteiger partial charge is 0.417 e. The molecule has 0 saturated carbocycles. The molecule has 84 valence electrons. The second-order valence-electron chi connectivity index (χ2n) is 2.92. The highest BCUT2D eigenvalue weighted by molar-refractivity contribution is 6.34. The van der Waals surface area contributed by atoms with Crippen molar-refractivity contribution in [3.8, 4) is 11.8 Å². The molecule has 2 aromatic rings. The van der Waals surface area contributed by atoms with E-state index in [4.69, 9.17) is 44.0 Å². The van der Waals surface area contributed by atoms with Gasteiger partial charge >= 0.3 is 6.08 Å². The zero-order valence-electron chi connectivity index (χ0n) is 7.91. The maximum Gasteiger partial charge on any atom is 0.399 e. The lowest BCUT2D eigenvalue weighted by atomic mass is 10.3. The lowest BCUT2D eigenvalue weighted by molar-refractivity contribution is 0.331. The van der Waals surface area contributed by atoms with E-state index in [1.165, 1.54) is 6.26 Å². The fourth-order valence-corrected chi connectivity index (χ4v) is 1.49. The molecule has 1 heterocycles. The molecular weight excluding hydrogens is 272 g/mol. The van der Waals surface area contributed by atoms with Gasteiger partial charge in [0.15, 0.2) is 5.75 Å². The number of benzene rings is 1. The van der Waals surface area contributed by atoms with Crippen molar-refractivity contribution < 1.29 is 9.15 Å². The number of oxazole rings is 1. The molecule has 0 unspecified atom stereocenters. The molecule has 0 saturated heterocycles. The Balaban J connectivity index is 2.22. The molecular formula is C10H6Cl3NO2. The number of alkyl halides is 1. The Morgan fingerprint density at radius 2 is 2.12 bits per heavy atom. The van der Waals surface area contributed by atoms with Gasteiger partial charge in [-0.3, -0.25) is 0 Å². The minimum absolute atomic E-state index is 0.0832. The van der Waals surface area contributed by atoms with Crippen LogP contribution >= 0.6 is 34.8 Å². The molecule has 16 heavy (non-hydrogen) atoms. The molecule has 0 fully saturated rings. The highest BCUT2D eigenvalue weighted by Gasteiger charge is 2.09. The van der Waals surface area contributed by atoms with Gasteiger partial charge in [0.1, 0.15) is 6.26 Å². The molecule has 0 radical (unpaired) electrons. The molecule has 6 heteroatoms. The lowest BCUT2D eigenvalue weighted by Crippen LogP contribution is -1.86. The topological polar surface area (TPSA) is 35.3 Å². The Morgan fingerprint density at radius 1 is 1.31 bits per heavy atom. The van der Waals surface area contributed by atoms with Crippen LogP contribution < -0.4 is 4.74 Å². The summed E-state index contributed by atoms with van der Waals surface area (Å²) in [5, 5.41) is 0.943. The molecule has 0 N–H and O–H groups in total. The van der Waals surface area contributed by atoms with Crippen molar-refractivity contribution in [1.29, 1.82) is 0 Å². The van der Waals surface area contributed by atoms with Gasteiger partial charge in [-0.15, -0.1) is 11.6 Å². The summed E-state index contributed by atoms with van der Waals surface area (Å²) < 4.78 is 10.4. The van der Waals surface area contributed by atoms with E-state index < -0.39 is 0 Å². The van der Waals surface area contributed by atoms with E-state index in [1.807, 2.05) is 0 Å². The number of hydrogen-bond acceptors (Lipinski definition) is 3. The Hall–Kier alpha value is -0.900. The molecule has 0 atom stereocenters. The maximum absolute atomic E-state index is 5.91. The third kappa shape index (κ3) is 2.61. The quantitative estimate of drug-likeness (QED) is 0.775. The summed E-state index contributed by atoms with van der Waals surface area (Å²) in [5.41, 5.74) is 0.592. The van der Waals surface area contributed by atoms with Crippen LogP contribution in [0, 0.1) is 0 Å². The van der Waals surface area contributed by atoms with E-state index in [1.54, 1.807) is 18.2 Å². The van der Waals surface area contributed by atoms with Crippen molar-refractivity contribution in [3.05, 3.63) is 40.2 Å². The second kappa shape index (κ2) is 4.95. The Kier molecular flexibility index (Phi) is 3.59. The van der Waals surface area contributed by atoms with Gasteiger partial charge in [0.2, 0.25) is 0 Å². The van der Waals surface area contributed by atoms with Crippen LogP contribution in [0.4, 0.5) is 0 Å². The number of ether oxygens (including phenoxy) is 1. The summed E-state index contributed by atoms with van der Waals surface area (Å²) in [5.74, 6) is 0.646. The highest BCUT2D eigenvalue weighted by Crippen LogP contribution is 2.31. The number of rotatable bonds is 3. The van der Waals surface area contributed by atoms with Gasteiger partial charge in [0.05, 0.1) is 16.6 Å². The number of nitrogens with zero attached hydrogens (tertiary/aromatic N) is 1. The Bertz CT molecular complexity index is 499. The average Bonchev–Trinajstić information content (AvgIpc) is 2.71. The molecule has 0 amide bonds. The smallest absolute Gasteiger partial charge is 0.399 e. The number of hydrogen-bond donors (Lipinski definition) is 0. The van der Waals surface area contributed by atoms with E-state index in [9.17, 15) is 0 Å². The first-order valence-corrected chi connectivity index (χ1v) is 5.61. The number of aromatic nitrogens is 1. The lowest BCUT2D eigenvalue weighted by Gasteiger charge is -2.02. The maximum atomic E-state index is 5.91. The Morgan fingerprint density at radius 3 is 2.81 bits per heavy atom. The van der Waals surface area contributed by atoms with Crippen molar-refractivity contribution in [3.63, 3.8) is 0 Å². The first kappa shape index (κ1) is 11.6. The summed E-state index contributed by atoms with van der Waals surface area (Å²) in [7, 11) is 0. The van der Waals surface area contributed by atoms with Gasteiger partial charge in [0.25, 0.3) is 0 Å². The van der Waals surface area contributed by atoms with Crippen LogP contribution in [0.25, 0.3) is 0 Å². The van der Waals surface area contributed by atoms with Crippen LogP contribution in [0.1, 0.15) is 5.69 Å². The summed E-state index contributed by atoms with van der Waals surface area (Å²) in [6.45, 7) is 0. The first-order valence-electron chi connectivity index (χ1n) is 4.32. The van der Waals surface area contributed by atoms with Crippen LogP contribution in [0.15, 0.2) is 28.9 Å². The van der Waals surface area contributed by atoms with Crippen LogP contribution in [-0.4, -0.2) is 4.98 Å². The zero-order chi connectivity index (χ0) is 11.5. The van der Waals surface area contributed by atoms with E-state index >= 15 is 0 Å². The molecule has 0 bridgehead atoms. The van der Waals surface area contributed by atoms with Gasteiger partial charge in [-0.25, -0.2) is 0 Å². The molecule has 1 aromatic heterocycles. The molecule has 2 rings (SSSR count). The van der Waals surface area contributed by atoms with Gasteiger partial charge in [-0.05, 0) is 12.1 Å². The van der Waals surface area contributed by atoms with Crippen molar-refractivity contribution in [2.24, 2.45) is 0 Å². The van der Waals surface area contributed by atoms with Crippen molar-refractivity contribution in [2.45, 2.75) is 5.88 Å². The SMILES string of the molecule is ClCc1coc(Oc2cc(Cl)ccc2Cl)n1. The fraction of sp³-hybridized carbons (Fsp3) is 0.100. The summed E-state index contributed by atoms with van der Waals surface area (Å²) in [6.07, 6.45) is 1.50. The average molecular weight is 279 g/mol. The third-order valence-corrected chi connectivity index (χ3v) is 2.58. The fourth-order valence-electron chi connectivity index (χ4n) is 1.05. The van der Waals surface area contributed by atoms with Gasteiger partial charge < -0.3 is 9.15 Å². The molecule has 3 nitrogen and oxygen atoms in total. The summed E-state index contributed by atoms with van der Waals surface area (Å²) in [4.78, 5) is 3.97. The number of halogens is 3. The third-order valence-electron chi connectivity index (χ3n) is 1.76. The monoisotopic (exact) mass is 277 g/mol. The van der Waals surface area contributed by atoms with Gasteiger partial charge in [0, 0.05) is 11.1 Å². The molecule has 1 aromatic carbocycles. The van der Waals surface area contributed by atoms with Crippen molar-refractivity contribution in [1.82, 2.24) is 4.98 Å². The minimum Gasteiger partial charge on any atom is -0.417 e. The first-order chi connectivity index (χ1) is 7.69. The standard InChI is InChI=1S/C10H6Cl3NO2/c11-4-7-5-15-10(14-7)16-9-3-6(12)1-2-8(9)13/h1-3,5H,4H2. The highest BCUT2D eigenvalue weighted by atomic mass is 35.5. The predicted molar refractivity (Wildman–Crippen MR) is 62.6 cm³/mol. The molecule has 0 spiro atoms. The summed E-state index contributed by atoms with van der Waals surface area (Å²) >= 11 is 17.3. The minimum atomic E-state index is 0.0832. The van der Waals surface area contributed by atoms with Crippen molar-refractivity contribution >= 4 is 34.8 Å². The second-order valence-corrected chi connectivity index (χ2v) is 4.03. The van der Waals surface area contributed by atoms with E-state index in [-0.39, 0.29) is 12.0 Å². The molecule has 0 aliphatic rings.